The van der Waals surface area contributed by atoms with Crippen LogP contribution in [0.4, 0.5) is 4.79 Å². The normalized spacial score (nSPS) is 23.0. The Morgan fingerprint density at radius 1 is 1.25 bits per heavy atom. The van der Waals surface area contributed by atoms with Crippen LogP contribution in [0.25, 0.3) is 0 Å². The number of fused-ring (bicyclic) bond motifs is 2. The van der Waals surface area contributed by atoms with Crippen LogP contribution in [0, 0.1) is 0 Å². The van der Waals surface area contributed by atoms with Gasteiger partial charge in [0.05, 0.1) is 6.04 Å². The molecule has 1 aromatic carbocycles. The maximum absolute atomic E-state index is 12.1. The van der Waals surface area contributed by atoms with Crippen LogP contribution in [0.5, 0.6) is 0 Å². The van der Waals surface area contributed by atoms with Gasteiger partial charge < -0.3 is 4.90 Å². The predicted molar refractivity (Wildman–Crippen MR) is 58.0 cm³/mol. The molecule has 16 heavy (non-hydrogen) atoms. The van der Waals surface area contributed by atoms with Crippen molar-refractivity contribution in [2.45, 2.75) is 12.5 Å². The molecule has 0 N–H and O–H groups in total. The molecule has 0 saturated carbocycles. The Morgan fingerprint density at radius 3 is 2.62 bits per heavy atom. The number of urea groups is 1. The van der Waals surface area contributed by atoms with Crippen molar-refractivity contribution < 1.29 is 9.59 Å². The summed E-state index contributed by atoms with van der Waals surface area (Å²) in [5.74, 6) is -0.169. The number of benzene rings is 1. The summed E-state index contributed by atoms with van der Waals surface area (Å²) in [6.07, 6.45) is 0.907. The van der Waals surface area contributed by atoms with E-state index in [2.05, 4.69) is 0 Å². The molecule has 0 aliphatic carbocycles. The van der Waals surface area contributed by atoms with Crippen LogP contribution >= 0.6 is 0 Å². The molecule has 0 aromatic heterocycles. The minimum atomic E-state index is -0.169. The predicted octanol–water partition coefficient (Wildman–Crippen LogP) is 1.34. The van der Waals surface area contributed by atoms with E-state index in [4.69, 9.17) is 0 Å². The van der Waals surface area contributed by atoms with E-state index in [1.54, 1.807) is 17.0 Å². The first kappa shape index (κ1) is 9.39. The Morgan fingerprint density at radius 2 is 2.00 bits per heavy atom. The van der Waals surface area contributed by atoms with E-state index in [-0.39, 0.29) is 18.0 Å². The lowest BCUT2D eigenvalue weighted by atomic mass is 10.1. The fraction of sp³-hybridized carbons (Fsp3) is 0.333. The van der Waals surface area contributed by atoms with Crippen molar-refractivity contribution in [2.24, 2.45) is 0 Å². The van der Waals surface area contributed by atoms with Crippen LogP contribution in [-0.2, 0) is 0 Å². The number of imide groups is 1. The minimum absolute atomic E-state index is 0.0835. The molecule has 1 atom stereocenters. The van der Waals surface area contributed by atoms with E-state index in [0.29, 0.717) is 12.1 Å². The van der Waals surface area contributed by atoms with Gasteiger partial charge in [-0.25, -0.2) is 4.79 Å². The molecule has 0 radical (unpaired) electrons. The van der Waals surface area contributed by atoms with Gasteiger partial charge in [-0.3, -0.25) is 9.69 Å². The number of carbonyl (C=O) groups is 2. The molecule has 2 heterocycles. The Hall–Kier alpha value is -1.84. The lowest BCUT2D eigenvalue weighted by molar-refractivity contribution is 0.0760. The van der Waals surface area contributed by atoms with E-state index in [9.17, 15) is 9.59 Å². The van der Waals surface area contributed by atoms with Gasteiger partial charge in [0.1, 0.15) is 0 Å². The van der Waals surface area contributed by atoms with Gasteiger partial charge in [0, 0.05) is 18.7 Å². The first-order valence-corrected chi connectivity index (χ1v) is 5.45. The maximum atomic E-state index is 12.1. The Bertz CT molecular complexity index is 444. The third kappa shape index (κ3) is 1.23. The molecule has 1 unspecified atom stereocenters. The van der Waals surface area contributed by atoms with E-state index in [1.807, 2.05) is 18.2 Å². The Labute approximate surface area is 93.5 Å². The molecule has 2 bridgehead atoms. The number of carbonyl (C=O) groups excluding carboxylic acids is 2. The van der Waals surface area contributed by atoms with E-state index < -0.39 is 0 Å². The van der Waals surface area contributed by atoms with Crippen molar-refractivity contribution in [3.05, 3.63) is 35.9 Å². The van der Waals surface area contributed by atoms with Crippen molar-refractivity contribution in [3.8, 4) is 0 Å². The van der Waals surface area contributed by atoms with Crippen LogP contribution in [0.1, 0.15) is 16.8 Å². The molecule has 82 valence electrons. The quantitative estimate of drug-likeness (QED) is 0.710. The Kier molecular flexibility index (Phi) is 1.96. The average Bonchev–Trinajstić information content (AvgIpc) is 2.90. The molecular formula is C12H12N2O2. The summed E-state index contributed by atoms with van der Waals surface area (Å²) in [5.41, 5.74) is 0.588. The zero-order valence-corrected chi connectivity index (χ0v) is 8.80. The molecule has 2 fully saturated rings. The zero-order valence-electron chi connectivity index (χ0n) is 8.80. The molecule has 2 aliphatic rings. The fourth-order valence-electron chi connectivity index (χ4n) is 2.41. The summed E-state index contributed by atoms with van der Waals surface area (Å²) in [4.78, 5) is 27.1. The molecule has 2 aliphatic heterocycles. The number of hydrogen-bond donors (Lipinski definition) is 0. The topological polar surface area (TPSA) is 40.6 Å². The molecule has 0 spiro atoms. The fourth-order valence-corrected chi connectivity index (χ4v) is 2.41. The number of amides is 3. The SMILES string of the molecule is O=C(c1ccccc1)N1C(=O)N2CCC1C2. The second-order valence-corrected chi connectivity index (χ2v) is 4.21. The lowest BCUT2D eigenvalue weighted by Crippen LogP contribution is -2.44. The highest BCUT2D eigenvalue weighted by Gasteiger charge is 2.45. The molecule has 4 heteroatoms. The summed E-state index contributed by atoms with van der Waals surface area (Å²) < 4.78 is 0. The first-order valence-electron chi connectivity index (χ1n) is 5.45. The summed E-state index contributed by atoms with van der Waals surface area (Å²) >= 11 is 0. The van der Waals surface area contributed by atoms with Crippen molar-refractivity contribution in [1.29, 1.82) is 0 Å². The van der Waals surface area contributed by atoms with Gasteiger partial charge in [-0.2, -0.15) is 0 Å². The van der Waals surface area contributed by atoms with Gasteiger partial charge in [0.15, 0.2) is 0 Å². The first-order chi connectivity index (χ1) is 7.77. The molecule has 3 amide bonds. The highest BCUT2D eigenvalue weighted by Crippen LogP contribution is 2.27. The lowest BCUT2D eigenvalue weighted by Gasteiger charge is -2.24. The standard InChI is InChI=1S/C12H12N2O2/c15-11(9-4-2-1-3-5-9)14-10-6-7-13(8-10)12(14)16/h1-5,10H,6-8H2. The van der Waals surface area contributed by atoms with Gasteiger partial charge in [0.2, 0.25) is 0 Å². The van der Waals surface area contributed by atoms with Gasteiger partial charge >= 0.3 is 6.03 Å². The second kappa shape index (κ2) is 3.33. The molecular weight excluding hydrogens is 204 g/mol. The maximum Gasteiger partial charge on any atom is 0.327 e. The molecule has 2 saturated heterocycles. The summed E-state index contributed by atoms with van der Waals surface area (Å²) in [6, 6.07) is 8.93. The van der Waals surface area contributed by atoms with Crippen LogP contribution in [-0.4, -0.2) is 40.9 Å². The molecule has 4 nitrogen and oxygen atoms in total. The third-order valence-electron chi connectivity index (χ3n) is 3.24. The monoisotopic (exact) mass is 216 g/mol. The smallest absolute Gasteiger partial charge is 0.322 e. The highest BCUT2D eigenvalue weighted by atomic mass is 16.2. The van der Waals surface area contributed by atoms with Crippen LogP contribution in [0.15, 0.2) is 30.3 Å². The highest BCUT2D eigenvalue weighted by molar-refractivity contribution is 6.05. The van der Waals surface area contributed by atoms with Gasteiger partial charge in [0.25, 0.3) is 5.91 Å². The van der Waals surface area contributed by atoms with Crippen molar-refractivity contribution >= 4 is 11.9 Å². The van der Waals surface area contributed by atoms with Crippen molar-refractivity contribution in [2.75, 3.05) is 13.1 Å². The Balaban J connectivity index is 1.89. The third-order valence-corrected chi connectivity index (χ3v) is 3.24. The summed E-state index contributed by atoms with van der Waals surface area (Å²) in [5, 5.41) is 0. The van der Waals surface area contributed by atoms with Gasteiger partial charge in [-0.1, -0.05) is 18.2 Å². The van der Waals surface area contributed by atoms with Gasteiger partial charge in [-0.05, 0) is 18.6 Å². The number of nitrogens with zero attached hydrogens (tertiary/aromatic N) is 2. The zero-order chi connectivity index (χ0) is 11.1. The van der Waals surface area contributed by atoms with E-state index in [0.717, 1.165) is 13.0 Å². The number of hydrogen-bond acceptors (Lipinski definition) is 2. The van der Waals surface area contributed by atoms with E-state index in [1.165, 1.54) is 4.90 Å². The van der Waals surface area contributed by atoms with Crippen LogP contribution < -0.4 is 0 Å². The number of rotatable bonds is 1. The molecule has 3 rings (SSSR count). The largest absolute Gasteiger partial charge is 0.327 e. The average molecular weight is 216 g/mol. The van der Waals surface area contributed by atoms with Gasteiger partial charge in [-0.15, -0.1) is 0 Å². The second-order valence-electron chi connectivity index (χ2n) is 4.21. The minimum Gasteiger partial charge on any atom is -0.322 e. The molecule has 1 aromatic rings. The van der Waals surface area contributed by atoms with Crippen molar-refractivity contribution in [3.63, 3.8) is 0 Å². The van der Waals surface area contributed by atoms with Crippen LogP contribution in [0.2, 0.25) is 0 Å². The van der Waals surface area contributed by atoms with Crippen molar-refractivity contribution in [1.82, 2.24) is 9.80 Å². The summed E-state index contributed by atoms with van der Waals surface area (Å²) in [7, 11) is 0. The van der Waals surface area contributed by atoms with E-state index >= 15 is 0 Å². The van der Waals surface area contributed by atoms with Crippen LogP contribution in [0.3, 0.4) is 0 Å². The summed E-state index contributed by atoms with van der Waals surface area (Å²) in [6.45, 7) is 1.50.